The fourth-order valence-corrected chi connectivity index (χ4v) is 3.04. The van der Waals surface area contributed by atoms with Gasteiger partial charge in [0.2, 0.25) is 5.16 Å². The largest absolute Gasteiger partial charge is 0.457 e. The Kier molecular flexibility index (Phi) is 5.16. The van der Waals surface area contributed by atoms with Gasteiger partial charge in [-0.1, -0.05) is 5.16 Å². The lowest BCUT2D eigenvalue weighted by Crippen LogP contribution is -2.08. The molecular formula is C15H14N6O5S. The van der Waals surface area contributed by atoms with Gasteiger partial charge in [-0.15, -0.1) is 5.10 Å². The van der Waals surface area contributed by atoms with Crippen molar-refractivity contribution in [3.8, 4) is 0 Å². The molecule has 140 valence electrons. The topological polar surface area (TPSA) is 139 Å². The first-order chi connectivity index (χ1) is 12.9. The summed E-state index contributed by atoms with van der Waals surface area (Å²) in [6.45, 7) is 3.38. The molecule has 12 heteroatoms. The van der Waals surface area contributed by atoms with Gasteiger partial charge in [-0.3, -0.25) is 10.1 Å². The van der Waals surface area contributed by atoms with Crippen LogP contribution in [-0.4, -0.2) is 36.3 Å². The molecular weight excluding hydrogens is 376 g/mol. The highest BCUT2D eigenvalue weighted by atomic mass is 32.2. The van der Waals surface area contributed by atoms with E-state index < -0.39 is 10.9 Å². The van der Waals surface area contributed by atoms with Crippen molar-refractivity contribution in [2.45, 2.75) is 30.5 Å². The SMILES string of the molecule is Cc1noc(C)c1COC(=O)c1cc([N+](=O)[O-])ccc1Sc1nnnn1C. The summed E-state index contributed by atoms with van der Waals surface area (Å²) < 4.78 is 11.8. The highest BCUT2D eigenvalue weighted by Gasteiger charge is 2.21. The van der Waals surface area contributed by atoms with E-state index in [2.05, 4.69) is 20.7 Å². The fraction of sp³-hybridized carbons (Fsp3) is 0.267. The van der Waals surface area contributed by atoms with Crippen LogP contribution in [0.15, 0.2) is 32.8 Å². The molecule has 0 bridgehead atoms. The second-order valence-corrected chi connectivity index (χ2v) is 6.51. The maximum absolute atomic E-state index is 12.6. The Morgan fingerprint density at radius 3 is 2.78 bits per heavy atom. The number of nitro groups is 1. The van der Waals surface area contributed by atoms with Crippen molar-refractivity contribution in [1.29, 1.82) is 0 Å². The maximum Gasteiger partial charge on any atom is 0.339 e. The minimum absolute atomic E-state index is 0.0453. The number of esters is 1. The molecule has 3 aromatic rings. The third-order valence-electron chi connectivity index (χ3n) is 3.71. The number of aromatic nitrogens is 5. The molecule has 0 aliphatic rings. The van der Waals surface area contributed by atoms with Crippen LogP contribution in [0.3, 0.4) is 0 Å². The first kappa shape index (κ1) is 18.5. The van der Waals surface area contributed by atoms with Crippen molar-refractivity contribution in [1.82, 2.24) is 25.4 Å². The summed E-state index contributed by atoms with van der Waals surface area (Å²) in [6, 6.07) is 3.93. The lowest BCUT2D eigenvalue weighted by molar-refractivity contribution is -0.384. The Labute approximate surface area is 156 Å². The van der Waals surface area contributed by atoms with Gasteiger partial charge in [0.05, 0.1) is 21.7 Å². The smallest absolute Gasteiger partial charge is 0.339 e. The van der Waals surface area contributed by atoms with Crippen molar-refractivity contribution in [3.63, 3.8) is 0 Å². The number of rotatable bonds is 6. The number of carbonyl (C=O) groups is 1. The van der Waals surface area contributed by atoms with E-state index >= 15 is 0 Å². The van der Waals surface area contributed by atoms with Gasteiger partial charge < -0.3 is 9.26 Å². The van der Waals surface area contributed by atoms with Gasteiger partial charge in [-0.2, -0.15) is 0 Å². The van der Waals surface area contributed by atoms with Crippen LogP contribution in [0.4, 0.5) is 5.69 Å². The molecule has 2 aromatic heterocycles. The van der Waals surface area contributed by atoms with Crippen molar-refractivity contribution < 1.29 is 19.0 Å². The molecule has 0 aliphatic heterocycles. The lowest BCUT2D eigenvalue weighted by atomic mass is 10.2. The first-order valence-electron chi connectivity index (χ1n) is 7.64. The van der Waals surface area contributed by atoms with Crippen LogP contribution in [0.2, 0.25) is 0 Å². The van der Waals surface area contributed by atoms with E-state index in [-0.39, 0.29) is 17.9 Å². The zero-order valence-electron chi connectivity index (χ0n) is 14.6. The summed E-state index contributed by atoms with van der Waals surface area (Å²) in [5, 5.41) is 26.4. The Bertz CT molecular complexity index is 995. The molecule has 0 fully saturated rings. The van der Waals surface area contributed by atoms with Crippen LogP contribution in [0.25, 0.3) is 0 Å². The second-order valence-electron chi connectivity index (χ2n) is 5.50. The molecule has 0 unspecified atom stereocenters. The Hall–Kier alpha value is -3.28. The summed E-state index contributed by atoms with van der Waals surface area (Å²) in [5.41, 5.74) is 1.09. The lowest BCUT2D eigenvalue weighted by Gasteiger charge is -2.09. The Morgan fingerprint density at radius 1 is 1.41 bits per heavy atom. The molecule has 0 saturated heterocycles. The zero-order valence-corrected chi connectivity index (χ0v) is 15.4. The van der Waals surface area contributed by atoms with Gasteiger partial charge in [0.25, 0.3) is 5.69 Å². The number of carbonyl (C=O) groups excluding carboxylic acids is 1. The number of nitrogens with zero attached hydrogens (tertiary/aromatic N) is 6. The second kappa shape index (κ2) is 7.53. The van der Waals surface area contributed by atoms with Gasteiger partial charge in [-0.25, -0.2) is 9.48 Å². The van der Waals surface area contributed by atoms with Crippen molar-refractivity contribution in [2.75, 3.05) is 0 Å². The summed E-state index contributed by atoms with van der Waals surface area (Å²) in [6.07, 6.45) is 0. The zero-order chi connectivity index (χ0) is 19.6. The van der Waals surface area contributed by atoms with Crippen LogP contribution in [0, 0.1) is 24.0 Å². The minimum Gasteiger partial charge on any atom is -0.457 e. The van der Waals surface area contributed by atoms with Crippen molar-refractivity contribution in [2.24, 2.45) is 7.05 Å². The summed E-state index contributed by atoms with van der Waals surface area (Å²) in [5.74, 6) is -0.171. The number of benzene rings is 1. The third kappa shape index (κ3) is 3.95. The average Bonchev–Trinajstić information content (AvgIpc) is 3.18. The van der Waals surface area contributed by atoms with Crippen LogP contribution in [0.1, 0.15) is 27.4 Å². The van der Waals surface area contributed by atoms with Crippen molar-refractivity contribution >= 4 is 23.4 Å². The summed E-state index contributed by atoms with van der Waals surface area (Å²) in [4.78, 5) is 23.5. The van der Waals surface area contributed by atoms with Gasteiger partial charge in [0, 0.05) is 24.1 Å². The predicted molar refractivity (Wildman–Crippen MR) is 91.1 cm³/mol. The fourth-order valence-electron chi connectivity index (χ4n) is 2.21. The molecule has 0 N–H and O–H groups in total. The van der Waals surface area contributed by atoms with Crippen LogP contribution < -0.4 is 0 Å². The molecule has 0 spiro atoms. The normalized spacial score (nSPS) is 10.8. The molecule has 0 saturated carbocycles. The molecule has 1 aromatic carbocycles. The van der Waals surface area contributed by atoms with E-state index in [9.17, 15) is 14.9 Å². The van der Waals surface area contributed by atoms with Gasteiger partial charge in [0.15, 0.2) is 0 Å². The number of tetrazole rings is 1. The van der Waals surface area contributed by atoms with Crippen LogP contribution in [-0.2, 0) is 18.4 Å². The molecule has 3 rings (SSSR count). The number of hydrogen-bond donors (Lipinski definition) is 0. The summed E-state index contributed by atoms with van der Waals surface area (Å²) in [7, 11) is 1.64. The number of nitro benzene ring substituents is 1. The molecule has 0 amide bonds. The van der Waals surface area contributed by atoms with E-state index in [0.717, 1.165) is 11.8 Å². The maximum atomic E-state index is 12.6. The molecule has 0 atom stereocenters. The van der Waals surface area contributed by atoms with Crippen molar-refractivity contribution in [3.05, 3.63) is 50.9 Å². The van der Waals surface area contributed by atoms with Gasteiger partial charge in [0.1, 0.15) is 12.4 Å². The van der Waals surface area contributed by atoms with E-state index in [1.807, 2.05) is 0 Å². The highest BCUT2D eigenvalue weighted by molar-refractivity contribution is 7.99. The van der Waals surface area contributed by atoms with E-state index in [1.165, 1.54) is 22.9 Å². The third-order valence-corrected chi connectivity index (χ3v) is 4.81. The van der Waals surface area contributed by atoms with E-state index in [0.29, 0.717) is 27.1 Å². The Balaban J connectivity index is 1.88. The molecule has 11 nitrogen and oxygen atoms in total. The van der Waals surface area contributed by atoms with E-state index in [1.54, 1.807) is 20.9 Å². The average molecular weight is 390 g/mol. The standard InChI is InChI=1S/C15H14N6O5S/c1-8-12(9(2)26-17-8)7-25-14(22)11-6-10(21(23)24)4-5-13(11)27-15-16-18-19-20(15)3/h4-6H,7H2,1-3H3. The number of non-ortho nitro benzene ring substituents is 1. The molecule has 2 heterocycles. The Morgan fingerprint density at radius 2 is 2.19 bits per heavy atom. The van der Waals surface area contributed by atoms with Crippen LogP contribution in [0.5, 0.6) is 0 Å². The van der Waals surface area contributed by atoms with Crippen LogP contribution >= 0.6 is 11.8 Å². The van der Waals surface area contributed by atoms with E-state index in [4.69, 9.17) is 9.26 Å². The van der Waals surface area contributed by atoms with Gasteiger partial charge >= 0.3 is 5.97 Å². The number of aryl methyl sites for hydroxylation is 3. The number of hydrogen-bond acceptors (Lipinski definition) is 10. The summed E-state index contributed by atoms with van der Waals surface area (Å²) >= 11 is 1.10. The monoisotopic (exact) mass is 390 g/mol. The van der Waals surface area contributed by atoms with Gasteiger partial charge in [-0.05, 0) is 42.1 Å². The molecule has 0 radical (unpaired) electrons. The quantitative estimate of drug-likeness (QED) is 0.349. The molecule has 0 aliphatic carbocycles. The molecule has 27 heavy (non-hydrogen) atoms. The number of ether oxygens (including phenoxy) is 1. The predicted octanol–water partition coefficient (Wildman–Crippen LogP) is 2.23. The first-order valence-corrected chi connectivity index (χ1v) is 8.46. The minimum atomic E-state index is -0.712. The highest BCUT2D eigenvalue weighted by Crippen LogP contribution is 2.31.